The fourth-order valence-corrected chi connectivity index (χ4v) is 1.76. The molecule has 0 aliphatic heterocycles. The Hall–Kier alpha value is -2.89. The molecular formula is C15H14N2O4. The van der Waals surface area contributed by atoms with Gasteiger partial charge in [0.2, 0.25) is 11.8 Å². The van der Waals surface area contributed by atoms with E-state index >= 15 is 0 Å². The maximum atomic E-state index is 11.9. The number of para-hydroxylation sites is 2. The molecule has 6 heteroatoms. The summed E-state index contributed by atoms with van der Waals surface area (Å²) in [5, 5.41) is 8.76. The zero-order valence-corrected chi connectivity index (χ0v) is 11.2. The molecule has 0 bridgehead atoms. The summed E-state index contributed by atoms with van der Waals surface area (Å²) in [5.41, 5.74) is 1.32. The zero-order chi connectivity index (χ0) is 15.2. The van der Waals surface area contributed by atoms with E-state index in [0.29, 0.717) is 17.0 Å². The maximum Gasteiger partial charge on any atom is 0.323 e. The first-order valence-electron chi connectivity index (χ1n) is 6.25. The lowest BCUT2D eigenvalue weighted by Crippen LogP contribution is -2.34. The number of fused-ring (bicyclic) bond motifs is 1. The molecule has 21 heavy (non-hydrogen) atoms. The van der Waals surface area contributed by atoms with Gasteiger partial charge < -0.3 is 14.4 Å². The molecule has 0 saturated carbocycles. The molecule has 0 unspecified atom stereocenters. The van der Waals surface area contributed by atoms with Gasteiger partial charge in [-0.3, -0.25) is 9.59 Å². The lowest BCUT2D eigenvalue weighted by Gasteiger charge is -2.16. The van der Waals surface area contributed by atoms with Gasteiger partial charge in [0.05, 0.1) is 0 Å². The molecule has 1 N–H and O–H groups in total. The van der Waals surface area contributed by atoms with Crippen molar-refractivity contribution in [1.82, 2.24) is 9.88 Å². The van der Waals surface area contributed by atoms with Crippen molar-refractivity contribution in [3.63, 3.8) is 0 Å². The normalized spacial score (nSPS) is 10.9. The molecule has 2 aromatic rings. The summed E-state index contributed by atoms with van der Waals surface area (Å²) in [6, 6.07) is 7.23. The van der Waals surface area contributed by atoms with Crippen LogP contribution < -0.4 is 0 Å². The van der Waals surface area contributed by atoms with Crippen molar-refractivity contribution in [2.45, 2.75) is 0 Å². The highest BCUT2D eigenvalue weighted by molar-refractivity contribution is 5.93. The quantitative estimate of drug-likeness (QED) is 0.648. The molecule has 0 fully saturated rings. The van der Waals surface area contributed by atoms with Gasteiger partial charge in [-0.15, -0.1) is 6.58 Å². The average molecular weight is 286 g/mol. The van der Waals surface area contributed by atoms with Crippen LogP contribution in [0.1, 0.15) is 5.89 Å². The van der Waals surface area contributed by atoms with E-state index in [4.69, 9.17) is 9.52 Å². The fourth-order valence-electron chi connectivity index (χ4n) is 1.76. The minimum atomic E-state index is -1.08. The third-order valence-corrected chi connectivity index (χ3v) is 2.67. The first kappa shape index (κ1) is 14.5. The van der Waals surface area contributed by atoms with Crippen LogP contribution in [-0.4, -0.2) is 40.0 Å². The van der Waals surface area contributed by atoms with E-state index in [2.05, 4.69) is 11.6 Å². The highest BCUT2D eigenvalue weighted by Gasteiger charge is 2.13. The van der Waals surface area contributed by atoms with Gasteiger partial charge in [0, 0.05) is 18.7 Å². The Morgan fingerprint density at radius 2 is 2.14 bits per heavy atom. The van der Waals surface area contributed by atoms with Crippen molar-refractivity contribution in [2.75, 3.05) is 13.1 Å². The summed E-state index contributed by atoms with van der Waals surface area (Å²) in [4.78, 5) is 28.0. The summed E-state index contributed by atoms with van der Waals surface area (Å²) >= 11 is 0. The van der Waals surface area contributed by atoms with Crippen molar-refractivity contribution in [3.05, 3.63) is 48.9 Å². The van der Waals surface area contributed by atoms with Crippen molar-refractivity contribution in [3.8, 4) is 0 Å². The Bertz CT molecular complexity index is 670. The van der Waals surface area contributed by atoms with E-state index in [1.54, 1.807) is 12.1 Å². The number of aliphatic carboxylic acids is 1. The number of benzene rings is 1. The monoisotopic (exact) mass is 286 g/mol. The van der Waals surface area contributed by atoms with Gasteiger partial charge in [-0.1, -0.05) is 18.2 Å². The topological polar surface area (TPSA) is 83.6 Å². The molecule has 6 nitrogen and oxygen atoms in total. The molecule has 0 aliphatic rings. The molecule has 1 amide bonds. The number of carbonyl (C=O) groups is 2. The maximum absolute atomic E-state index is 11.9. The standard InChI is InChI=1S/C15H14N2O4/c1-2-9-17(10-15(19)20)14(18)8-7-13-16-11-5-3-4-6-12(11)21-13/h2-8H,1,9-10H2,(H,19,20). The lowest BCUT2D eigenvalue weighted by atomic mass is 10.3. The van der Waals surface area contributed by atoms with Crippen molar-refractivity contribution in [1.29, 1.82) is 0 Å². The lowest BCUT2D eigenvalue weighted by molar-refractivity contribution is -0.142. The van der Waals surface area contributed by atoms with Crippen LogP contribution in [-0.2, 0) is 9.59 Å². The summed E-state index contributed by atoms with van der Waals surface area (Å²) in [6.07, 6.45) is 4.12. The smallest absolute Gasteiger partial charge is 0.323 e. The Balaban J connectivity index is 2.12. The van der Waals surface area contributed by atoms with Gasteiger partial charge in [0.25, 0.3) is 0 Å². The summed E-state index contributed by atoms with van der Waals surface area (Å²) in [6.45, 7) is 3.27. The number of aromatic nitrogens is 1. The molecule has 1 heterocycles. The zero-order valence-electron chi connectivity index (χ0n) is 11.2. The second kappa shape index (κ2) is 6.51. The third kappa shape index (κ3) is 3.79. The SMILES string of the molecule is C=CCN(CC(=O)O)C(=O)C=Cc1nc2ccccc2o1. The first-order chi connectivity index (χ1) is 10.1. The van der Waals surface area contributed by atoms with Crippen LogP contribution in [0.15, 0.2) is 47.4 Å². The van der Waals surface area contributed by atoms with Gasteiger partial charge in [0.15, 0.2) is 5.58 Å². The molecule has 0 radical (unpaired) electrons. The van der Waals surface area contributed by atoms with Crippen molar-refractivity contribution in [2.24, 2.45) is 0 Å². The van der Waals surface area contributed by atoms with E-state index in [0.717, 1.165) is 4.90 Å². The number of nitrogens with zero attached hydrogens (tertiary/aromatic N) is 2. The highest BCUT2D eigenvalue weighted by Crippen LogP contribution is 2.15. The van der Waals surface area contributed by atoms with E-state index in [9.17, 15) is 9.59 Å². The number of hydrogen-bond donors (Lipinski definition) is 1. The number of oxazole rings is 1. The van der Waals surface area contributed by atoms with Gasteiger partial charge in [-0.05, 0) is 12.1 Å². The van der Waals surface area contributed by atoms with E-state index in [1.165, 1.54) is 18.2 Å². The number of hydrogen-bond acceptors (Lipinski definition) is 4. The molecular weight excluding hydrogens is 272 g/mol. The van der Waals surface area contributed by atoms with Crippen molar-refractivity contribution >= 4 is 29.1 Å². The van der Waals surface area contributed by atoms with E-state index in [1.807, 2.05) is 12.1 Å². The van der Waals surface area contributed by atoms with Gasteiger partial charge in [-0.2, -0.15) is 0 Å². The predicted octanol–water partition coefficient (Wildman–Crippen LogP) is 1.94. The van der Waals surface area contributed by atoms with Crippen LogP contribution in [0.25, 0.3) is 17.2 Å². The van der Waals surface area contributed by atoms with Crippen LogP contribution in [0.5, 0.6) is 0 Å². The number of carbonyl (C=O) groups excluding carboxylic acids is 1. The molecule has 2 rings (SSSR count). The molecule has 1 aromatic carbocycles. The van der Waals surface area contributed by atoms with E-state index < -0.39 is 11.9 Å². The highest BCUT2D eigenvalue weighted by atomic mass is 16.4. The largest absolute Gasteiger partial charge is 0.480 e. The minimum absolute atomic E-state index is 0.156. The Morgan fingerprint density at radius 1 is 1.38 bits per heavy atom. The second-order valence-electron chi connectivity index (χ2n) is 4.25. The number of carboxylic acid groups (broad SMARTS) is 1. The Morgan fingerprint density at radius 3 is 2.81 bits per heavy atom. The third-order valence-electron chi connectivity index (χ3n) is 2.67. The van der Waals surface area contributed by atoms with Gasteiger partial charge in [0.1, 0.15) is 12.1 Å². The van der Waals surface area contributed by atoms with Crippen molar-refractivity contribution < 1.29 is 19.1 Å². The molecule has 0 aliphatic carbocycles. The molecule has 1 aromatic heterocycles. The van der Waals surface area contributed by atoms with Crippen LogP contribution in [0.3, 0.4) is 0 Å². The molecule has 0 spiro atoms. The average Bonchev–Trinajstić information content (AvgIpc) is 2.86. The van der Waals surface area contributed by atoms with Crippen LogP contribution in [0.2, 0.25) is 0 Å². The predicted molar refractivity (Wildman–Crippen MR) is 77.5 cm³/mol. The number of carboxylic acids is 1. The minimum Gasteiger partial charge on any atom is -0.480 e. The molecule has 108 valence electrons. The summed E-state index contributed by atoms with van der Waals surface area (Å²) in [7, 11) is 0. The van der Waals surface area contributed by atoms with Crippen LogP contribution in [0, 0.1) is 0 Å². The van der Waals surface area contributed by atoms with Crippen LogP contribution >= 0.6 is 0 Å². The van der Waals surface area contributed by atoms with Gasteiger partial charge >= 0.3 is 5.97 Å². The Labute approximate surface area is 121 Å². The first-order valence-corrected chi connectivity index (χ1v) is 6.25. The van der Waals surface area contributed by atoms with Crippen LogP contribution in [0.4, 0.5) is 0 Å². The second-order valence-corrected chi connectivity index (χ2v) is 4.25. The van der Waals surface area contributed by atoms with Gasteiger partial charge in [-0.25, -0.2) is 4.98 Å². The molecule has 0 saturated heterocycles. The van der Waals surface area contributed by atoms with E-state index in [-0.39, 0.29) is 13.1 Å². The molecule has 0 atom stereocenters. The number of rotatable bonds is 6. The fraction of sp³-hybridized carbons (Fsp3) is 0.133. The summed E-state index contributed by atoms with van der Waals surface area (Å²) in [5.74, 6) is -1.24. The number of amides is 1. The summed E-state index contributed by atoms with van der Waals surface area (Å²) < 4.78 is 5.43. The Kier molecular flexibility index (Phi) is 4.50.